The van der Waals surface area contributed by atoms with Crippen LogP contribution in [0.15, 0.2) is 0 Å². The van der Waals surface area contributed by atoms with E-state index in [4.69, 9.17) is 0 Å². The van der Waals surface area contributed by atoms with E-state index in [1.807, 2.05) is 4.90 Å². The Morgan fingerprint density at radius 3 is 2.45 bits per heavy atom. The molecule has 0 spiro atoms. The Hall–Kier alpha value is -1.14. The molecule has 124 valence electrons. The lowest BCUT2D eigenvalue weighted by Crippen LogP contribution is -2.48. The van der Waals surface area contributed by atoms with Crippen LogP contribution in [0.2, 0.25) is 0 Å². The number of hydrogen-bond donors (Lipinski definition) is 1. The Kier molecular flexibility index (Phi) is 4.68. The molecule has 6 heteroatoms. The van der Waals surface area contributed by atoms with Crippen molar-refractivity contribution in [3.05, 3.63) is 0 Å². The minimum absolute atomic E-state index is 0.0159. The second-order valence-electron chi connectivity index (χ2n) is 6.88. The van der Waals surface area contributed by atoms with E-state index < -0.39 is 12.1 Å². The first-order chi connectivity index (χ1) is 10.6. The molecule has 2 atom stereocenters. The lowest BCUT2D eigenvalue weighted by Gasteiger charge is -2.36. The first-order valence-corrected chi connectivity index (χ1v) is 8.54. The van der Waals surface area contributed by atoms with Gasteiger partial charge in [-0.2, -0.15) is 0 Å². The average molecular weight is 309 g/mol. The van der Waals surface area contributed by atoms with Crippen LogP contribution in [0.4, 0.5) is 0 Å². The van der Waals surface area contributed by atoms with Gasteiger partial charge in [0.25, 0.3) is 0 Å². The molecule has 3 aliphatic rings. The van der Waals surface area contributed by atoms with Crippen LogP contribution in [0, 0.1) is 0 Å². The summed E-state index contributed by atoms with van der Waals surface area (Å²) < 4.78 is 0. The van der Waals surface area contributed by atoms with Gasteiger partial charge >= 0.3 is 0 Å². The fraction of sp³-hybridized carbons (Fsp3) is 0.875. The lowest BCUT2D eigenvalue weighted by atomic mass is 9.91. The van der Waals surface area contributed by atoms with E-state index in [0.29, 0.717) is 6.42 Å². The average Bonchev–Trinajstić information content (AvgIpc) is 2.66. The zero-order valence-electron chi connectivity index (χ0n) is 13.4. The van der Waals surface area contributed by atoms with E-state index in [1.54, 1.807) is 0 Å². The van der Waals surface area contributed by atoms with Crippen molar-refractivity contribution in [3.63, 3.8) is 0 Å². The van der Waals surface area contributed by atoms with Crippen molar-refractivity contribution in [2.24, 2.45) is 0 Å². The number of rotatable bonds is 2. The van der Waals surface area contributed by atoms with E-state index >= 15 is 0 Å². The third kappa shape index (κ3) is 3.13. The van der Waals surface area contributed by atoms with Gasteiger partial charge in [0, 0.05) is 52.1 Å². The maximum absolute atomic E-state index is 12.8. The molecule has 22 heavy (non-hydrogen) atoms. The highest BCUT2D eigenvalue weighted by Crippen LogP contribution is 2.26. The normalized spacial score (nSPS) is 31.0. The van der Waals surface area contributed by atoms with Gasteiger partial charge < -0.3 is 14.9 Å². The van der Waals surface area contributed by atoms with Crippen LogP contribution in [0.1, 0.15) is 39.0 Å². The van der Waals surface area contributed by atoms with E-state index in [0.717, 1.165) is 38.6 Å². The minimum Gasteiger partial charge on any atom is -0.391 e. The molecule has 2 saturated heterocycles. The van der Waals surface area contributed by atoms with Crippen LogP contribution in [0.3, 0.4) is 0 Å². The predicted molar refractivity (Wildman–Crippen MR) is 82.2 cm³/mol. The molecule has 0 unspecified atom stereocenters. The quantitative estimate of drug-likeness (QED) is 0.783. The number of hydrogen-bond acceptors (Lipinski definition) is 4. The zero-order valence-corrected chi connectivity index (χ0v) is 13.4. The maximum Gasteiger partial charge on any atom is 0.245 e. The fourth-order valence-corrected chi connectivity index (χ4v) is 3.88. The molecule has 3 rings (SSSR count). The Balaban J connectivity index is 1.60. The lowest BCUT2D eigenvalue weighted by molar-refractivity contribution is -0.142. The SMILES string of the molecule is CC(=O)N1C[C@@H](O)C[C@@H]1C(=O)N1CCCN(C2CCC2)CC1. The van der Waals surface area contributed by atoms with Crippen molar-refractivity contribution in [2.75, 3.05) is 32.7 Å². The van der Waals surface area contributed by atoms with Gasteiger partial charge in [0.1, 0.15) is 6.04 Å². The number of likely N-dealkylation sites (tertiary alicyclic amines) is 1. The highest BCUT2D eigenvalue weighted by atomic mass is 16.3. The molecule has 0 aromatic rings. The number of carbonyl (C=O) groups excluding carboxylic acids is 2. The molecule has 0 bridgehead atoms. The molecule has 2 heterocycles. The zero-order chi connectivity index (χ0) is 15.7. The van der Waals surface area contributed by atoms with Crippen molar-refractivity contribution in [3.8, 4) is 0 Å². The summed E-state index contributed by atoms with van der Waals surface area (Å²) >= 11 is 0. The molecular formula is C16H27N3O3. The molecule has 1 aliphatic carbocycles. The van der Waals surface area contributed by atoms with Gasteiger partial charge in [-0.1, -0.05) is 6.42 Å². The van der Waals surface area contributed by atoms with Crippen molar-refractivity contribution in [1.29, 1.82) is 0 Å². The Bertz CT molecular complexity index is 438. The summed E-state index contributed by atoms with van der Waals surface area (Å²) in [6.45, 7) is 5.27. The molecule has 0 aromatic heterocycles. The molecule has 0 radical (unpaired) electrons. The van der Waals surface area contributed by atoms with Crippen LogP contribution in [-0.4, -0.2) is 82.5 Å². The third-order valence-corrected chi connectivity index (χ3v) is 5.40. The highest BCUT2D eigenvalue weighted by Gasteiger charge is 2.40. The van der Waals surface area contributed by atoms with Crippen molar-refractivity contribution in [2.45, 2.75) is 57.2 Å². The summed E-state index contributed by atoms with van der Waals surface area (Å²) in [6, 6.07) is 0.250. The van der Waals surface area contributed by atoms with Crippen LogP contribution < -0.4 is 0 Å². The molecule has 1 N–H and O–H groups in total. The van der Waals surface area contributed by atoms with Crippen LogP contribution in [0.5, 0.6) is 0 Å². The highest BCUT2D eigenvalue weighted by molar-refractivity contribution is 5.87. The Morgan fingerprint density at radius 2 is 1.82 bits per heavy atom. The van der Waals surface area contributed by atoms with E-state index in [2.05, 4.69) is 4.90 Å². The van der Waals surface area contributed by atoms with E-state index in [9.17, 15) is 14.7 Å². The summed E-state index contributed by atoms with van der Waals surface area (Å²) in [5, 5.41) is 9.80. The number of amides is 2. The number of carbonyl (C=O) groups is 2. The molecule has 2 amide bonds. The smallest absolute Gasteiger partial charge is 0.245 e. The number of aliphatic hydroxyl groups is 1. The summed E-state index contributed by atoms with van der Waals surface area (Å²) in [5.74, 6) is -0.108. The van der Waals surface area contributed by atoms with Gasteiger partial charge in [-0.3, -0.25) is 14.5 Å². The Morgan fingerprint density at radius 1 is 1.05 bits per heavy atom. The van der Waals surface area contributed by atoms with Gasteiger partial charge in [0.15, 0.2) is 0 Å². The van der Waals surface area contributed by atoms with Crippen LogP contribution in [0.25, 0.3) is 0 Å². The first kappa shape index (κ1) is 15.7. The molecular weight excluding hydrogens is 282 g/mol. The predicted octanol–water partition coefficient (Wildman–Crippen LogP) is 0.0549. The second-order valence-corrected chi connectivity index (χ2v) is 6.88. The molecule has 0 aromatic carbocycles. The summed E-state index contributed by atoms with van der Waals surface area (Å²) in [5.41, 5.74) is 0. The third-order valence-electron chi connectivity index (χ3n) is 5.40. The molecule has 2 aliphatic heterocycles. The fourth-order valence-electron chi connectivity index (χ4n) is 3.88. The van der Waals surface area contributed by atoms with Gasteiger partial charge in [-0.05, 0) is 19.3 Å². The second kappa shape index (κ2) is 6.54. The topological polar surface area (TPSA) is 64.1 Å². The molecule has 6 nitrogen and oxygen atoms in total. The number of aliphatic hydroxyl groups excluding tert-OH is 1. The van der Waals surface area contributed by atoms with Gasteiger partial charge in [0.05, 0.1) is 6.10 Å². The summed E-state index contributed by atoms with van der Waals surface area (Å²) in [7, 11) is 0. The standard InChI is InChI=1S/C16H27N3O3/c1-12(20)19-11-14(21)10-15(19)16(22)18-7-3-6-17(8-9-18)13-4-2-5-13/h13-15,21H,2-11H2,1H3/t14-,15+/m0/s1. The van der Waals surface area contributed by atoms with E-state index in [1.165, 1.54) is 31.1 Å². The molecule has 3 fully saturated rings. The monoisotopic (exact) mass is 309 g/mol. The number of β-amino-alcohol motifs (C(OH)–C–C–N with tert-alkyl or cyclic N) is 1. The van der Waals surface area contributed by atoms with Gasteiger partial charge in [-0.25, -0.2) is 0 Å². The Labute approximate surface area is 132 Å². The number of nitrogens with zero attached hydrogens (tertiary/aromatic N) is 3. The van der Waals surface area contributed by atoms with Crippen LogP contribution >= 0.6 is 0 Å². The summed E-state index contributed by atoms with van der Waals surface area (Å²) in [6.07, 6.45) is 4.72. The van der Waals surface area contributed by atoms with Gasteiger partial charge in [0.2, 0.25) is 11.8 Å². The van der Waals surface area contributed by atoms with Gasteiger partial charge in [-0.15, -0.1) is 0 Å². The van der Waals surface area contributed by atoms with E-state index in [-0.39, 0.29) is 18.4 Å². The van der Waals surface area contributed by atoms with Crippen molar-refractivity contribution < 1.29 is 14.7 Å². The molecule has 1 saturated carbocycles. The van der Waals surface area contributed by atoms with Crippen molar-refractivity contribution >= 4 is 11.8 Å². The van der Waals surface area contributed by atoms with Crippen molar-refractivity contribution in [1.82, 2.24) is 14.7 Å². The first-order valence-electron chi connectivity index (χ1n) is 8.54. The largest absolute Gasteiger partial charge is 0.391 e. The maximum atomic E-state index is 12.8. The summed E-state index contributed by atoms with van der Waals surface area (Å²) in [4.78, 5) is 30.4. The minimum atomic E-state index is -0.573. The van der Waals surface area contributed by atoms with Crippen LogP contribution in [-0.2, 0) is 9.59 Å².